The number of hydrogen-bond acceptors (Lipinski definition) is 3. The van der Waals surface area contributed by atoms with E-state index in [9.17, 15) is 10.1 Å². The smallest absolute Gasteiger partial charge is 0.261 e. The maximum absolute atomic E-state index is 12.0. The first-order valence-electron chi connectivity index (χ1n) is 7.96. The van der Waals surface area contributed by atoms with Gasteiger partial charge in [0.05, 0.1) is 0 Å². The van der Waals surface area contributed by atoms with Crippen molar-refractivity contribution in [2.75, 3.05) is 6.54 Å². The second-order valence-electron chi connectivity index (χ2n) is 5.27. The Kier molecular flexibility index (Phi) is 6.60. The Morgan fingerprint density at radius 1 is 1.17 bits per heavy atom. The van der Waals surface area contributed by atoms with Crippen molar-refractivity contribution >= 4 is 12.0 Å². The lowest BCUT2D eigenvalue weighted by Gasteiger charge is -2.06. The zero-order valence-corrected chi connectivity index (χ0v) is 13.7. The molecule has 0 aliphatic heterocycles. The minimum absolute atomic E-state index is 0.0861. The van der Waals surface area contributed by atoms with Gasteiger partial charge in [0, 0.05) is 6.54 Å². The molecule has 0 heterocycles. The average Bonchev–Trinajstić information content (AvgIpc) is 2.61. The van der Waals surface area contributed by atoms with Crippen LogP contribution in [0.25, 0.3) is 6.08 Å². The summed E-state index contributed by atoms with van der Waals surface area (Å²) >= 11 is 0. The molecule has 0 aromatic heterocycles. The van der Waals surface area contributed by atoms with Crippen molar-refractivity contribution in [2.45, 2.75) is 19.8 Å². The number of unbranched alkanes of at least 4 members (excludes halogenated alkanes) is 1. The summed E-state index contributed by atoms with van der Waals surface area (Å²) in [4.78, 5) is 12.0. The highest BCUT2D eigenvalue weighted by molar-refractivity contribution is 6.01. The van der Waals surface area contributed by atoms with Gasteiger partial charge in [-0.05, 0) is 42.3 Å². The molecule has 0 spiro atoms. The van der Waals surface area contributed by atoms with Gasteiger partial charge in [0.2, 0.25) is 0 Å². The van der Waals surface area contributed by atoms with Crippen LogP contribution in [0.3, 0.4) is 0 Å². The summed E-state index contributed by atoms with van der Waals surface area (Å²) in [5.74, 6) is 1.04. The van der Waals surface area contributed by atoms with Gasteiger partial charge >= 0.3 is 0 Å². The zero-order valence-electron chi connectivity index (χ0n) is 13.7. The number of nitrogens with zero attached hydrogens (tertiary/aromatic N) is 1. The number of para-hydroxylation sites is 1. The second-order valence-corrected chi connectivity index (χ2v) is 5.27. The van der Waals surface area contributed by atoms with Crippen molar-refractivity contribution in [3.05, 3.63) is 65.7 Å². The molecule has 0 fully saturated rings. The summed E-state index contributed by atoms with van der Waals surface area (Å²) in [5.41, 5.74) is 0.827. The Morgan fingerprint density at radius 3 is 2.62 bits per heavy atom. The van der Waals surface area contributed by atoms with Gasteiger partial charge in [0.25, 0.3) is 5.91 Å². The molecular formula is C20H20N2O2. The monoisotopic (exact) mass is 320 g/mol. The second kappa shape index (κ2) is 9.16. The zero-order chi connectivity index (χ0) is 17.2. The summed E-state index contributed by atoms with van der Waals surface area (Å²) < 4.78 is 5.76. The summed E-state index contributed by atoms with van der Waals surface area (Å²) in [5, 5.41) is 12.0. The highest BCUT2D eigenvalue weighted by Crippen LogP contribution is 2.22. The Labute approximate surface area is 142 Å². The molecular weight excluding hydrogens is 300 g/mol. The molecule has 0 saturated carbocycles. The topological polar surface area (TPSA) is 62.1 Å². The number of hydrogen-bond donors (Lipinski definition) is 1. The summed E-state index contributed by atoms with van der Waals surface area (Å²) in [7, 11) is 0. The van der Waals surface area contributed by atoms with Crippen molar-refractivity contribution in [1.82, 2.24) is 5.32 Å². The molecule has 0 bridgehead atoms. The molecule has 2 aromatic carbocycles. The van der Waals surface area contributed by atoms with E-state index in [2.05, 4.69) is 5.32 Å². The molecule has 0 radical (unpaired) electrons. The van der Waals surface area contributed by atoms with Crippen LogP contribution in [-0.4, -0.2) is 12.5 Å². The number of nitrogens with one attached hydrogen (secondary N) is 1. The van der Waals surface area contributed by atoms with Crippen LogP contribution in [-0.2, 0) is 4.79 Å². The van der Waals surface area contributed by atoms with E-state index in [1.165, 1.54) is 0 Å². The third-order valence-electron chi connectivity index (χ3n) is 3.33. The van der Waals surface area contributed by atoms with E-state index in [0.29, 0.717) is 12.3 Å². The molecule has 0 saturated heterocycles. The number of carbonyl (C=O) groups excluding carboxylic acids is 1. The van der Waals surface area contributed by atoms with E-state index in [1.54, 1.807) is 12.1 Å². The van der Waals surface area contributed by atoms with Crippen LogP contribution in [0.15, 0.2) is 60.2 Å². The van der Waals surface area contributed by atoms with Crippen molar-refractivity contribution in [3.8, 4) is 17.6 Å². The van der Waals surface area contributed by atoms with Gasteiger partial charge in [-0.25, -0.2) is 0 Å². The van der Waals surface area contributed by atoms with Crippen molar-refractivity contribution in [1.29, 1.82) is 5.26 Å². The number of rotatable bonds is 7. The fraction of sp³-hybridized carbons (Fsp3) is 0.200. The number of ether oxygens (including phenoxy) is 1. The number of nitriles is 1. The van der Waals surface area contributed by atoms with E-state index in [4.69, 9.17) is 4.74 Å². The van der Waals surface area contributed by atoms with Crippen molar-refractivity contribution < 1.29 is 9.53 Å². The minimum atomic E-state index is -0.347. The Morgan fingerprint density at radius 2 is 1.92 bits per heavy atom. The van der Waals surface area contributed by atoms with Crippen LogP contribution in [0.4, 0.5) is 0 Å². The molecule has 0 unspecified atom stereocenters. The maximum Gasteiger partial charge on any atom is 0.261 e. The largest absolute Gasteiger partial charge is 0.457 e. The molecule has 2 aromatic rings. The number of benzene rings is 2. The molecule has 2 rings (SSSR count). The third-order valence-corrected chi connectivity index (χ3v) is 3.33. The standard InChI is InChI=1S/C20H20N2O2/c1-2-3-12-22-20(23)17(15-21)13-16-8-7-11-19(14-16)24-18-9-5-4-6-10-18/h4-11,13-14H,2-3,12H2,1H3,(H,22,23)/b17-13+. The number of amides is 1. The molecule has 24 heavy (non-hydrogen) atoms. The first-order valence-corrected chi connectivity index (χ1v) is 7.96. The third kappa shape index (κ3) is 5.29. The lowest BCUT2D eigenvalue weighted by Crippen LogP contribution is -2.25. The van der Waals surface area contributed by atoms with E-state index in [-0.39, 0.29) is 11.5 Å². The highest BCUT2D eigenvalue weighted by atomic mass is 16.5. The average molecular weight is 320 g/mol. The van der Waals surface area contributed by atoms with Crippen molar-refractivity contribution in [2.24, 2.45) is 0 Å². The van der Waals surface area contributed by atoms with Gasteiger partial charge in [0.15, 0.2) is 0 Å². The Hall–Kier alpha value is -3.06. The van der Waals surface area contributed by atoms with Gasteiger partial charge in [-0.15, -0.1) is 0 Å². The van der Waals surface area contributed by atoms with E-state index >= 15 is 0 Å². The predicted molar refractivity (Wildman–Crippen MR) is 94.5 cm³/mol. The van der Waals surface area contributed by atoms with Gasteiger partial charge in [-0.1, -0.05) is 43.7 Å². The molecule has 0 atom stereocenters. The van der Waals surface area contributed by atoms with E-state index in [0.717, 1.165) is 24.2 Å². The fourth-order valence-electron chi connectivity index (χ4n) is 2.08. The van der Waals surface area contributed by atoms with Crippen molar-refractivity contribution in [3.63, 3.8) is 0 Å². The van der Waals surface area contributed by atoms with E-state index in [1.807, 2.05) is 61.5 Å². The Balaban J connectivity index is 2.11. The molecule has 1 N–H and O–H groups in total. The summed E-state index contributed by atoms with van der Waals surface area (Å²) in [6.45, 7) is 2.62. The first kappa shape index (κ1) is 17.3. The lowest BCUT2D eigenvalue weighted by atomic mass is 10.1. The maximum atomic E-state index is 12.0. The van der Waals surface area contributed by atoms with Crippen LogP contribution >= 0.6 is 0 Å². The molecule has 0 aliphatic rings. The Bertz CT molecular complexity index is 746. The van der Waals surface area contributed by atoms with Gasteiger partial charge in [-0.2, -0.15) is 5.26 Å². The van der Waals surface area contributed by atoms with Gasteiger partial charge in [-0.3, -0.25) is 4.79 Å². The predicted octanol–water partition coefficient (Wildman–Crippen LogP) is 4.30. The molecule has 4 nitrogen and oxygen atoms in total. The molecule has 1 amide bonds. The van der Waals surface area contributed by atoms with Gasteiger partial charge in [0.1, 0.15) is 23.1 Å². The normalized spacial score (nSPS) is 10.8. The fourth-order valence-corrected chi connectivity index (χ4v) is 2.08. The van der Waals surface area contributed by atoms with Crippen LogP contribution in [0.2, 0.25) is 0 Å². The van der Waals surface area contributed by atoms with Crippen LogP contribution in [0, 0.1) is 11.3 Å². The molecule has 122 valence electrons. The van der Waals surface area contributed by atoms with Gasteiger partial charge < -0.3 is 10.1 Å². The highest BCUT2D eigenvalue weighted by Gasteiger charge is 2.08. The minimum Gasteiger partial charge on any atom is -0.457 e. The summed E-state index contributed by atoms with van der Waals surface area (Å²) in [6.07, 6.45) is 3.45. The first-order chi connectivity index (χ1) is 11.7. The number of carbonyl (C=O) groups is 1. The SMILES string of the molecule is CCCCNC(=O)/C(C#N)=C/c1cccc(Oc2ccccc2)c1. The van der Waals surface area contributed by atoms with Crippen LogP contribution < -0.4 is 10.1 Å². The quantitative estimate of drug-likeness (QED) is 0.470. The van der Waals surface area contributed by atoms with E-state index < -0.39 is 0 Å². The lowest BCUT2D eigenvalue weighted by molar-refractivity contribution is -0.117. The van der Waals surface area contributed by atoms with Crippen LogP contribution in [0.1, 0.15) is 25.3 Å². The van der Waals surface area contributed by atoms with Crippen LogP contribution in [0.5, 0.6) is 11.5 Å². The molecule has 4 heteroatoms. The molecule has 0 aliphatic carbocycles. The summed E-state index contributed by atoms with van der Waals surface area (Å²) in [6, 6.07) is 18.7.